The Morgan fingerprint density at radius 3 is 2.25 bits per heavy atom. The van der Waals surface area contributed by atoms with Crippen LogP contribution in [-0.2, 0) is 5.54 Å². The van der Waals surface area contributed by atoms with Crippen LogP contribution in [0.15, 0.2) is 4.52 Å². The second kappa shape index (κ2) is 2.86. The van der Waals surface area contributed by atoms with Gasteiger partial charge in [0, 0.05) is 5.92 Å². The summed E-state index contributed by atoms with van der Waals surface area (Å²) in [6.45, 7) is 7.70. The van der Waals surface area contributed by atoms with Gasteiger partial charge >= 0.3 is 0 Å². The van der Waals surface area contributed by atoms with Gasteiger partial charge in [-0.15, -0.1) is 0 Å². The van der Waals surface area contributed by atoms with Gasteiger partial charge in [0.15, 0.2) is 5.82 Å². The summed E-state index contributed by atoms with van der Waals surface area (Å²) in [4.78, 5) is 4.18. The minimum Gasteiger partial charge on any atom is -0.339 e. The molecule has 0 saturated carbocycles. The van der Waals surface area contributed by atoms with Crippen LogP contribution in [0.2, 0.25) is 0 Å². The number of hydrogen-bond acceptors (Lipinski definition) is 4. The highest BCUT2D eigenvalue weighted by Gasteiger charge is 2.22. The Morgan fingerprint density at radius 2 is 2.00 bits per heavy atom. The topological polar surface area (TPSA) is 64.9 Å². The van der Waals surface area contributed by atoms with Crippen LogP contribution in [0, 0.1) is 0 Å². The van der Waals surface area contributed by atoms with E-state index in [1.807, 2.05) is 27.7 Å². The van der Waals surface area contributed by atoms with Crippen LogP contribution in [0.5, 0.6) is 0 Å². The molecule has 0 fully saturated rings. The molecule has 4 nitrogen and oxygen atoms in total. The van der Waals surface area contributed by atoms with E-state index < -0.39 is 5.54 Å². The van der Waals surface area contributed by atoms with Gasteiger partial charge in [-0.05, 0) is 13.8 Å². The van der Waals surface area contributed by atoms with Gasteiger partial charge in [-0.1, -0.05) is 19.0 Å². The molecule has 12 heavy (non-hydrogen) atoms. The summed E-state index contributed by atoms with van der Waals surface area (Å²) in [5.74, 6) is 1.46. The molecule has 0 saturated heterocycles. The Hall–Kier alpha value is -0.900. The summed E-state index contributed by atoms with van der Waals surface area (Å²) in [6.07, 6.45) is 0. The first-order valence-corrected chi connectivity index (χ1v) is 4.04. The van der Waals surface area contributed by atoms with Gasteiger partial charge in [-0.25, -0.2) is 0 Å². The van der Waals surface area contributed by atoms with Gasteiger partial charge in [-0.2, -0.15) is 4.98 Å². The fraction of sp³-hybridized carbons (Fsp3) is 0.750. The highest BCUT2D eigenvalue weighted by molar-refractivity contribution is 5.00. The van der Waals surface area contributed by atoms with E-state index in [-0.39, 0.29) is 5.92 Å². The molecule has 1 aromatic heterocycles. The van der Waals surface area contributed by atoms with Gasteiger partial charge in [0.1, 0.15) is 0 Å². The number of rotatable bonds is 2. The van der Waals surface area contributed by atoms with Crippen LogP contribution in [0.25, 0.3) is 0 Å². The maximum Gasteiger partial charge on any atom is 0.229 e. The normalized spacial score (nSPS) is 12.5. The van der Waals surface area contributed by atoms with Gasteiger partial charge < -0.3 is 10.3 Å². The number of nitrogens with zero attached hydrogens (tertiary/aromatic N) is 2. The quantitative estimate of drug-likeness (QED) is 0.726. The van der Waals surface area contributed by atoms with Crippen LogP contribution in [-0.4, -0.2) is 10.1 Å². The minimum absolute atomic E-state index is 0.258. The molecule has 1 heterocycles. The van der Waals surface area contributed by atoms with Crippen molar-refractivity contribution in [3.05, 3.63) is 11.7 Å². The Bertz CT molecular complexity index is 260. The Kier molecular flexibility index (Phi) is 2.19. The maximum atomic E-state index is 5.79. The Morgan fingerprint density at radius 1 is 1.42 bits per heavy atom. The van der Waals surface area contributed by atoms with Gasteiger partial charge in [0.25, 0.3) is 0 Å². The summed E-state index contributed by atoms with van der Waals surface area (Å²) in [5, 5.41) is 3.80. The summed E-state index contributed by atoms with van der Waals surface area (Å²) < 4.78 is 5.01. The second-order valence-electron chi connectivity index (χ2n) is 3.83. The van der Waals surface area contributed by atoms with Crippen molar-refractivity contribution < 1.29 is 4.52 Å². The molecule has 0 aliphatic rings. The van der Waals surface area contributed by atoms with Crippen molar-refractivity contribution in [2.45, 2.75) is 39.2 Å². The molecule has 2 N–H and O–H groups in total. The molecule has 0 spiro atoms. The first-order valence-electron chi connectivity index (χ1n) is 4.04. The predicted molar refractivity (Wildman–Crippen MR) is 45.6 cm³/mol. The third kappa shape index (κ3) is 1.82. The van der Waals surface area contributed by atoms with E-state index in [9.17, 15) is 0 Å². The van der Waals surface area contributed by atoms with Crippen molar-refractivity contribution in [1.82, 2.24) is 10.1 Å². The van der Waals surface area contributed by atoms with Gasteiger partial charge in [0.2, 0.25) is 5.89 Å². The third-order valence-corrected chi connectivity index (χ3v) is 1.51. The highest BCUT2D eigenvalue weighted by atomic mass is 16.5. The maximum absolute atomic E-state index is 5.79. The monoisotopic (exact) mass is 169 g/mol. The third-order valence-electron chi connectivity index (χ3n) is 1.51. The average molecular weight is 169 g/mol. The van der Waals surface area contributed by atoms with E-state index in [2.05, 4.69) is 10.1 Å². The summed E-state index contributed by atoms with van der Waals surface area (Å²) in [7, 11) is 0. The standard InChI is InChI=1S/C8H15N3O/c1-5(2)6-10-7(11-12-6)8(3,4)9/h5H,9H2,1-4H3. The van der Waals surface area contributed by atoms with Crippen LogP contribution < -0.4 is 5.73 Å². The molecule has 0 aromatic carbocycles. The molecule has 68 valence electrons. The smallest absolute Gasteiger partial charge is 0.229 e. The Labute approximate surface area is 72.1 Å². The molecule has 1 rings (SSSR count). The van der Waals surface area contributed by atoms with Crippen molar-refractivity contribution in [2.75, 3.05) is 0 Å². The highest BCUT2D eigenvalue weighted by Crippen LogP contribution is 2.16. The van der Waals surface area contributed by atoms with E-state index in [0.717, 1.165) is 0 Å². The molecular formula is C8H15N3O. The SMILES string of the molecule is CC(C)c1nc(C(C)(C)N)no1. The molecule has 0 amide bonds. The van der Waals surface area contributed by atoms with Crippen molar-refractivity contribution in [1.29, 1.82) is 0 Å². The lowest BCUT2D eigenvalue weighted by Crippen LogP contribution is -2.30. The van der Waals surface area contributed by atoms with Gasteiger partial charge in [-0.3, -0.25) is 0 Å². The summed E-state index contributed by atoms with van der Waals surface area (Å²) in [6, 6.07) is 0. The van der Waals surface area contributed by atoms with Crippen LogP contribution in [0.1, 0.15) is 45.3 Å². The molecule has 0 bridgehead atoms. The second-order valence-corrected chi connectivity index (χ2v) is 3.83. The molecule has 0 unspecified atom stereocenters. The van der Waals surface area contributed by atoms with E-state index >= 15 is 0 Å². The number of nitrogens with two attached hydrogens (primary N) is 1. The largest absolute Gasteiger partial charge is 0.339 e. The first kappa shape index (κ1) is 9.19. The molecule has 1 aromatic rings. The lowest BCUT2D eigenvalue weighted by molar-refractivity contribution is 0.350. The Balaban J connectivity index is 2.92. The van der Waals surface area contributed by atoms with Crippen molar-refractivity contribution >= 4 is 0 Å². The molecule has 0 aliphatic heterocycles. The fourth-order valence-corrected chi connectivity index (χ4v) is 0.731. The minimum atomic E-state index is -0.517. The van der Waals surface area contributed by atoms with Crippen LogP contribution in [0.3, 0.4) is 0 Å². The zero-order chi connectivity index (χ0) is 9.35. The lowest BCUT2D eigenvalue weighted by Gasteiger charge is -2.11. The molecule has 0 radical (unpaired) electrons. The zero-order valence-electron chi connectivity index (χ0n) is 7.96. The van der Waals surface area contributed by atoms with Crippen molar-refractivity contribution in [2.24, 2.45) is 5.73 Å². The number of hydrogen-bond donors (Lipinski definition) is 1. The van der Waals surface area contributed by atoms with Crippen LogP contribution in [0.4, 0.5) is 0 Å². The number of aromatic nitrogens is 2. The molecule has 0 atom stereocenters. The molecule has 4 heteroatoms. The van der Waals surface area contributed by atoms with Crippen molar-refractivity contribution in [3.63, 3.8) is 0 Å². The van der Waals surface area contributed by atoms with E-state index in [0.29, 0.717) is 11.7 Å². The summed E-state index contributed by atoms with van der Waals surface area (Å²) >= 11 is 0. The van der Waals surface area contributed by atoms with Crippen molar-refractivity contribution in [3.8, 4) is 0 Å². The van der Waals surface area contributed by atoms with Gasteiger partial charge in [0.05, 0.1) is 5.54 Å². The van der Waals surface area contributed by atoms with E-state index in [4.69, 9.17) is 10.3 Å². The molecular weight excluding hydrogens is 154 g/mol. The average Bonchev–Trinajstić information content (AvgIpc) is 2.30. The van der Waals surface area contributed by atoms with E-state index in [1.165, 1.54) is 0 Å². The lowest BCUT2D eigenvalue weighted by atomic mass is 10.1. The van der Waals surface area contributed by atoms with E-state index in [1.54, 1.807) is 0 Å². The predicted octanol–water partition coefficient (Wildman–Crippen LogP) is 1.39. The zero-order valence-corrected chi connectivity index (χ0v) is 7.96. The van der Waals surface area contributed by atoms with Crippen LogP contribution >= 0.6 is 0 Å². The fourth-order valence-electron chi connectivity index (χ4n) is 0.731. The summed E-state index contributed by atoms with van der Waals surface area (Å²) in [5.41, 5.74) is 5.27. The first-order chi connectivity index (χ1) is 5.41. The molecule has 0 aliphatic carbocycles.